The van der Waals surface area contributed by atoms with E-state index in [2.05, 4.69) is 19.5 Å². The van der Waals surface area contributed by atoms with Crippen LogP contribution in [0.4, 0.5) is 0 Å². The maximum atomic E-state index is 11.4. The van der Waals surface area contributed by atoms with Crippen molar-refractivity contribution in [3.05, 3.63) is 10.4 Å². The summed E-state index contributed by atoms with van der Waals surface area (Å²) in [5.74, 6) is -2.00. The molecule has 84 valence electrons. The Labute approximate surface area is 92.6 Å². The minimum atomic E-state index is -3.18. The van der Waals surface area contributed by atoms with Gasteiger partial charge in [-0.2, -0.15) is 0 Å². The van der Waals surface area contributed by atoms with Gasteiger partial charge in [-0.15, -0.1) is 0 Å². The number of esters is 1. The molecule has 0 spiro atoms. The van der Waals surface area contributed by atoms with Gasteiger partial charge in [0, 0.05) is 14.2 Å². The summed E-state index contributed by atoms with van der Waals surface area (Å²) >= 11 is 0. The van der Waals surface area contributed by atoms with Crippen molar-refractivity contribution in [2.75, 3.05) is 19.7 Å². The number of carbonyl (C=O) groups is 2. The number of ketones is 1. The quantitative estimate of drug-likeness (QED) is 0.208. The Morgan fingerprint density at radius 1 is 1.67 bits per heavy atom. The largest absolute Gasteiger partial charge is 0.464 e. The Hall–Kier alpha value is -1.59. The van der Waals surface area contributed by atoms with Crippen molar-refractivity contribution in [2.24, 2.45) is 5.11 Å². The van der Waals surface area contributed by atoms with Gasteiger partial charge in [-0.3, -0.25) is 4.79 Å². The van der Waals surface area contributed by atoms with Gasteiger partial charge in [0.15, 0.2) is 5.78 Å². The molecule has 7 nitrogen and oxygen atoms in total. The fourth-order valence-corrected chi connectivity index (χ4v) is 0.643. The Kier molecular flexibility index (Phi) is 3.98. The van der Waals surface area contributed by atoms with Gasteiger partial charge in [0.25, 0.3) is 0 Å². The molecule has 7 heteroatoms. The predicted molar refractivity (Wildman–Crippen MR) is 51.1 cm³/mol. The lowest BCUT2D eigenvalue weighted by Crippen LogP contribution is -2.33. The van der Waals surface area contributed by atoms with Crippen LogP contribution in [0.5, 0.6) is 0 Å². The summed E-state index contributed by atoms with van der Waals surface area (Å²) in [7, 11) is 0. The molecule has 0 bridgehead atoms. The lowest BCUT2D eigenvalue weighted by atomic mass is 10.2. The number of hydrogen-bond donors (Lipinski definition) is 0. The zero-order valence-electron chi connectivity index (χ0n) is 12.3. The van der Waals surface area contributed by atoms with E-state index in [0.29, 0.717) is 0 Å². The maximum Gasteiger partial charge on any atom is 0.343 e. The maximum absolute atomic E-state index is 11.4. The number of carbonyl (C=O) groups excluding carboxylic acids is 2. The van der Waals surface area contributed by atoms with Crippen LogP contribution < -0.4 is 0 Å². The van der Waals surface area contributed by atoms with E-state index >= 15 is 0 Å². The Bertz CT molecular complexity index is 409. The van der Waals surface area contributed by atoms with Crippen molar-refractivity contribution in [1.82, 2.24) is 0 Å². The number of azide groups is 1. The molecule has 0 N–H and O–H groups in total. The molecule has 0 amide bonds. The molecule has 0 aromatic heterocycles. The lowest BCUT2D eigenvalue weighted by Gasteiger charge is -2.12. The topological polar surface area (TPSA) is 101 Å². The van der Waals surface area contributed by atoms with Gasteiger partial charge in [0.05, 0.1) is 15.9 Å². The standard InChI is InChI=1S/C8H13N3O4/c1-3-14-8(13)7(6(2)12)15-5-4-10-11-9/h7H,3-5H2,1-2H3/i4D2,5D2. The zero-order valence-corrected chi connectivity index (χ0v) is 8.26. The smallest absolute Gasteiger partial charge is 0.343 e. The van der Waals surface area contributed by atoms with Crippen LogP contribution in [0, 0.1) is 0 Å². The fraction of sp³-hybridized carbons (Fsp3) is 0.750. The van der Waals surface area contributed by atoms with Crippen LogP contribution in [0.25, 0.3) is 10.4 Å². The molecule has 0 saturated carbocycles. The van der Waals surface area contributed by atoms with Crippen molar-refractivity contribution in [2.45, 2.75) is 20.0 Å². The minimum Gasteiger partial charge on any atom is -0.464 e. The fourth-order valence-electron chi connectivity index (χ4n) is 0.643. The summed E-state index contributed by atoms with van der Waals surface area (Å²) < 4.78 is 38.0. The first-order valence-corrected chi connectivity index (χ1v) is 4.00. The average molecular weight is 219 g/mol. The van der Waals surface area contributed by atoms with Gasteiger partial charge in [0.1, 0.15) is 0 Å². The monoisotopic (exact) mass is 219 g/mol. The summed E-state index contributed by atoms with van der Waals surface area (Å²) in [5.41, 5.74) is 8.14. The van der Waals surface area contributed by atoms with Crippen molar-refractivity contribution in [1.29, 1.82) is 0 Å². The van der Waals surface area contributed by atoms with E-state index in [0.717, 1.165) is 6.92 Å². The van der Waals surface area contributed by atoms with Crippen LogP contribution in [0.15, 0.2) is 5.11 Å². The molecule has 0 aliphatic heterocycles. The number of hydrogen-bond acceptors (Lipinski definition) is 5. The molecular weight excluding hydrogens is 202 g/mol. The van der Waals surface area contributed by atoms with E-state index in [-0.39, 0.29) is 6.61 Å². The van der Waals surface area contributed by atoms with Crippen molar-refractivity contribution in [3.8, 4) is 0 Å². The molecule has 0 rings (SSSR count). The van der Waals surface area contributed by atoms with Crippen molar-refractivity contribution in [3.63, 3.8) is 0 Å². The molecule has 0 fully saturated rings. The number of ether oxygens (including phenoxy) is 2. The van der Waals surface area contributed by atoms with Gasteiger partial charge in [-0.1, -0.05) is 5.11 Å². The lowest BCUT2D eigenvalue weighted by molar-refractivity contribution is -0.160. The molecule has 0 radical (unpaired) electrons. The molecule has 0 heterocycles. The van der Waals surface area contributed by atoms with Crippen LogP contribution in [0.1, 0.15) is 19.3 Å². The summed E-state index contributed by atoms with van der Waals surface area (Å²) in [6, 6.07) is 0. The summed E-state index contributed by atoms with van der Waals surface area (Å²) in [6.07, 6.45) is -1.93. The summed E-state index contributed by atoms with van der Waals surface area (Å²) in [6.45, 7) is -3.90. The first kappa shape index (κ1) is 7.67. The number of rotatable bonds is 7. The third-order valence-electron chi connectivity index (χ3n) is 1.19. The van der Waals surface area contributed by atoms with E-state index in [1.165, 1.54) is 6.92 Å². The van der Waals surface area contributed by atoms with E-state index in [4.69, 9.17) is 11.0 Å². The average Bonchev–Trinajstić information content (AvgIpc) is 2.25. The molecule has 0 saturated heterocycles. The normalized spacial score (nSPS) is 17.2. The molecule has 0 aromatic carbocycles. The van der Waals surface area contributed by atoms with Crippen LogP contribution in [0.2, 0.25) is 0 Å². The molecule has 0 aliphatic rings. The zero-order chi connectivity index (χ0) is 15.3. The second-order valence-corrected chi connectivity index (χ2v) is 2.26. The highest BCUT2D eigenvalue weighted by atomic mass is 16.6. The van der Waals surface area contributed by atoms with Gasteiger partial charge in [-0.25, -0.2) is 4.79 Å². The van der Waals surface area contributed by atoms with Crippen LogP contribution in [-0.2, 0) is 19.1 Å². The van der Waals surface area contributed by atoms with E-state index in [1.54, 1.807) is 0 Å². The van der Waals surface area contributed by atoms with Crippen LogP contribution >= 0.6 is 0 Å². The highest BCUT2D eigenvalue weighted by Gasteiger charge is 2.24. The number of Topliss-reactive ketones (excluding diaryl/α,β-unsaturated/α-hetero) is 1. The molecule has 0 aromatic rings. The van der Waals surface area contributed by atoms with E-state index in [9.17, 15) is 9.59 Å². The van der Waals surface area contributed by atoms with Crippen LogP contribution in [0.3, 0.4) is 0 Å². The van der Waals surface area contributed by atoms with E-state index in [1.807, 2.05) is 0 Å². The molecule has 0 aliphatic carbocycles. The number of nitrogens with zero attached hydrogens (tertiary/aromatic N) is 3. The van der Waals surface area contributed by atoms with Gasteiger partial charge >= 0.3 is 5.97 Å². The van der Waals surface area contributed by atoms with Gasteiger partial charge in [-0.05, 0) is 19.4 Å². The summed E-state index contributed by atoms with van der Waals surface area (Å²) in [5, 5.41) is 2.60. The van der Waals surface area contributed by atoms with Crippen molar-refractivity contribution < 1.29 is 24.5 Å². The highest BCUT2D eigenvalue weighted by Crippen LogP contribution is 1.98. The molecule has 1 atom stereocenters. The minimum absolute atomic E-state index is 0.0573. The van der Waals surface area contributed by atoms with Gasteiger partial charge in [0.2, 0.25) is 6.10 Å². The molecule has 1 unspecified atom stereocenters. The van der Waals surface area contributed by atoms with Crippen LogP contribution in [-0.4, -0.2) is 37.5 Å². The highest BCUT2D eigenvalue weighted by molar-refractivity contribution is 6.00. The van der Waals surface area contributed by atoms with E-state index < -0.39 is 30.9 Å². The SMILES string of the molecule is [2H]C([2H])(N=[N+]=[N-])C([2H])([2H])OC(C(C)=O)C(=O)OCC. The Balaban J connectivity index is 5.18. The second-order valence-electron chi connectivity index (χ2n) is 2.26. The third kappa shape index (κ3) is 5.66. The molecular formula is C8H13N3O4. The van der Waals surface area contributed by atoms with Crippen molar-refractivity contribution >= 4 is 11.8 Å². The Morgan fingerprint density at radius 2 is 2.33 bits per heavy atom. The second kappa shape index (κ2) is 7.78. The third-order valence-corrected chi connectivity index (χ3v) is 1.19. The first-order chi connectivity index (χ1) is 8.59. The Morgan fingerprint density at radius 3 is 2.80 bits per heavy atom. The van der Waals surface area contributed by atoms with Gasteiger partial charge < -0.3 is 9.47 Å². The first-order valence-electron chi connectivity index (χ1n) is 6.00. The molecule has 15 heavy (non-hydrogen) atoms. The summed E-state index contributed by atoms with van der Waals surface area (Å²) in [4.78, 5) is 24.7. The predicted octanol–water partition coefficient (Wildman–Crippen LogP) is 0.834.